The summed E-state index contributed by atoms with van der Waals surface area (Å²) in [6, 6.07) is 19.3. The third-order valence-corrected chi connectivity index (χ3v) is 4.08. The molecule has 0 saturated heterocycles. The van der Waals surface area contributed by atoms with Crippen molar-refractivity contribution in [2.24, 2.45) is 0 Å². The molecule has 1 aromatic heterocycles. The van der Waals surface area contributed by atoms with Crippen LogP contribution < -0.4 is 0 Å². The SMILES string of the molecule is Cc1c(-c2ccccc2)cn2c1Cc1ccccc1-2. The van der Waals surface area contributed by atoms with Crippen molar-refractivity contribution >= 4 is 0 Å². The molecule has 4 rings (SSSR count). The maximum Gasteiger partial charge on any atom is 0.0488 e. The summed E-state index contributed by atoms with van der Waals surface area (Å²) >= 11 is 0. The highest BCUT2D eigenvalue weighted by Crippen LogP contribution is 2.36. The zero-order valence-electron chi connectivity index (χ0n) is 10.9. The third kappa shape index (κ3) is 1.48. The van der Waals surface area contributed by atoms with Gasteiger partial charge in [0.05, 0.1) is 0 Å². The lowest BCUT2D eigenvalue weighted by atomic mass is 10.0. The molecule has 0 bridgehead atoms. The second kappa shape index (κ2) is 3.86. The Bertz CT molecular complexity index is 750. The van der Waals surface area contributed by atoms with E-state index in [1.807, 2.05) is 0 Å². The van der Waals surface area contributed by atoms with Crippen molar-refractivity contribution in [1.29, 1.82) is 0 Å². The highest BCUT2D eigenvalue weighted by atomic mass is 15.0. The minimum atomic E-state index is 1.05. The Morgan fingerprint density at radius 3 is 2.47 bits per heavy atom. The maximum absolute atomic E-state index is 2.35. The van der Waals surface area contributed by atoms with E-state index in [-0.39, 0.29) is 0 Å². The first-order valence-electron chi connectivity index (χ1n) is 6.69. The van der Waals surface area contributed by atoms with Crippen LogP contribution in [-0.2, 0) is 6.42 Å². The van der Waals surface area contributed by atoms with Crippen molar-refractivity contribution in [3.8, 4) is 16.8 Å². The van der Waals surface area contributed by atoms with E-state index in [1.54, 1.807) is 0 Å². The van der Waals surface area contributed by atoms with Gasteiger partial charge in [0.25, 0.3) is 0 Å². The highest BCUT2D eigenvalue weighted by Gasteiger charge is 2.22. The fourth-order valence-electron chi connectivity index (χ4n) is 3.06. The van der Waals surface area contributed by atoms with Gasteiger partial charge in [0.15, 0.2) is 0 Å². The lowest BCUT2D eigenvalue weighted by Crippen LogP contribution is -1.88. The van der Waals surface area contributed by atoms with Crippen LogP contribution in [0.2, 0.25) is 0 Å². The van der Waals surface area contributed by atoms with Gasteiger partial charge in [0, 0.05) is 29.6 Å². The zero-order chi connectivity index (χ0) is 12.8. The van der Waals surface area contributed by atoms with E-state index in [1.165, 1.54) is 33.6 Å². The number of fused-ring (bicyclic) bond motifs is 3. The molecule has 1 aliphatic heterocycles. The summed E-state index contributed by atoms with van der Waals surface area (Å²) in [6.07, 6.45) is 3.33. The van der Waals surface area contributed by atoms with Crippen molar-refractivity contribution in [3.63, 3.8) is 0 Å². The minimum absolute atomic E-state index is 1.05. The van der Waals surface area contributed by atoms with Crippen molar-refractivity contribution in [3.05, 3.63) is 77.6 Å². The normalized spacial score (nSPS) is 12.3. The molecule has 0 N–H and O–H groups in total. The maximum atomic E-state index is 2.35. The molecule has 0 radical (unpaired) electrons. The van der Waals surface area contributed by atoms with Crippen molar-refractivity contribution in [1.82, 2.24) is 4.57 Å². The quantitative estimate of drug-likeness (QED) is 0.469. The molecule has 19 heavy (non-hydrogen) atoms. The lowest BCUT2D eigenvalue weighted by molar-refractivity contribution is 1.04. The van der Waals surface area contributed by atoms with Gasteiger partial charge in [-0.15, -0.1) is 0 Å². The topological polar surface area (TPSA) is 4.93 Å². The number of hydrogen-bond donors (Lipinski definition) is 0. The highest BCUT2D eigenvalue weighted by molar-refractivity contribution is 5.71. The predicted molar refractivity (Wildman–Crippen MR) is 78.7 cm³/mol. The van der Waals surface area contributed by atoms with Crippen LogP contribution in [0.3, 0.4) is 0 Å². The molecule has 0 amide bonds. The van der Waals surface area contributed by atoms with E-state index in [2.05, 4.69) is 72.3 Å². The molecule has 2 aromatic carbocycles. The minimum Gasteiger partial charge on any atom is -0.319 e. The molecule has 0 spiro atoms. The van der Waals surface area contributed by atoms with Gasteiger partial charge in [0.1, 0.15) is 0 Å². The van der Waals surface area contributed by atoms with Gasteiger partial charge in [-0.05, 0) is 29.7 Å². The van der Waals surface area contributed by atoms with Gasteiger partial charge >= 0.3 is 0 Å². The van der Waals surface area contributed by atoms with E-state index >= 15 is 0 Å². The summed E-state index contributed by atoms with van der Waals surface area (Å²) < 4.78 is 2.35. The van der Waals surface area contributed by atoms with Gasteiger partial charge in [-0.3, -0.25) is 0 Å². The number of benzene rings is 2. The molecule has 0 unspecified atom stereocenters. The van der Waals surface area contributed by atoms with Crippen LogP contribution in [-0.4, -0.2) is 4.57 Å². The number of para-hydroxylation sites is 1. The second-order valence-electron chi connectivity index (χ2n) is 5.16. The molecular weight excluding hydrogens is 230 g/mol. The van der Waals surface area contributed by atoms with Gasteiger partial charge < -0.3 is 4.57 Å². The van der Waals surface area contributed by atoms with Crippen LogP contribution in [0, 0.1) is 6.92 Å². The van der Waals surface area contributed by atoms with Crippen LogP contribution in [0.15, 0.2) is 60.8 Å². The monoisotopic (exact) mass is 245 g/mol. The Kier molecular flexibility index (Phi) is 2.16. The summed E-state index contributed by atoms with van der Waals surface area (Å²) in [5.74, 6) is 0. The second-order valence-corrected chi connectivity index (χ2v) is 5.16. The van der Waals surface area contributed by atoms with Crippen LogP contribution in [0.4, 0.5) is 0 Å². The van der Waals surface area contributed by atoms with Gasteiger partial charge in [0.2, 0.25) is 0 Å². The molecule has 3 aromatic rings. The van der Waals surface area contributed by atoms with E-state index in [4.69, 9.17) is 0 Å². The summed E-state index contributed by atoms with van der Waals surface area (Å²) in [7, 11) is 0. The molecule has 0 fully saturated rings. The van der Waals surface area contributed by atoms with E-state index in [9.17, 15) is 0 Å². The Labute approximate surface area is 113 Å². The first-order valence-corrected chi connectivity index (χ1v) is 6.69. The van der Waals surface area contributed by atoms with Crippen LogP contribution in [0.5, 0.6) is 0 Å². The molecule has 1 heteroatoms. The average molecular weight is 245 g/mol. The molecular formula is C18H15N. The van der Waals surface area contributed by atoms with Gasteiger partial charge in [-0.25, -0.2) is 0 Å². The smallest absolute Gasteiger partial charge is 0.0488 e. The average Bonchev–Trinajstić information content (AvgIpc) is 2.98. The first kappa shape index (κ1) is 10.6. The standard InChI is InChI=1S/C18H15N/c1-13-16(14-7-3-2-4-8-14)12-19-17-10-6-5-9-15(17)11-18(13)19/h2-10,12H,11H2,1H3. The summed E-state index contributed by atoms with van der Waals surface area (Å²) in [4.78, 5) is 0. The van der Waals surface area contributed by atoms with Crippen LogP contribution in [0.1, 0.15) is 16.8 Å². The van der Waals surface area contributed by atoms with Crippen molar-refractivity contribution in [2.75, 3.05) is 0 Å². The molecule has 92 valence electrons. The largest absolute Gasteiger partial charge is 0.319 e. The van der Waals surface area contributed by atoms with Gasteiger partial charge in [-0.1, -0.05) is 48.5 Å². The number of rotatable bonds is 1. The molecule has 0 atom stereocenters. The van der Waals surface area contributed by atoms with E-state index in [0.29, 0.717) is 0 Å². The molecule has 1 aliphatic rings. The Morgan fingerprint density at radius 1 is 0.895 bits per heavy atom. The first-order chi connectivity index (χ1) is 9.34. The number of hydrogen-bond acceptors (Lipinski definition) is 0. The number of aromatic nitrogens is 1. The van der Waals surface area contributed by atoms with Crippen LogP contribution >= 0.6 is 0 Å². The van der Waals surface area contributed by atoms with E-state index < -0.39 is 0 Å². The lowest BCUT2D eigenvalue weighted by Gasteiger charge is -2.02. The fraction of sp³-hybridized carbons (Fsp3) is 0.111. The molecule has 0 saturated carbocycles. The molecule has 2 heterocycles. The Morgan fingerprint density at radius 2 is 1.63 bits per heavy atom. The molecule has 1 nitrogen and oxygen atoms in total. The van der Waals surface area contributed by atoms with Crippen molar-refractivity contribution in [2.45, 2.75) is 13.3 Å². The summed E-state index contributed by atoms with van der Waals surface area (Å²) in [6.45, 7) is 2.24. The van der Waals surface area contributed by atoms with Crippen molar-refractivity contribution < 1.29 is 0 Å². The van der Waals surface area contributed by atoms with Crippen LogP contribution in [0.25, 0.3) is 16.8 Å². The predicted octanol–water partition coefficient (Wildman–Crippen LogP) is 4.36. The summed E-state index contributed by atoms with van der Waals surface area (Å²) in [5, 5.41) is 0. The van der Waals surface area contributed by atoms with E-state index in [0.717, 1.165) is 6.42 Å². The van der Waals surface area contributed by atoms with Gasteiger partial charge in [-0.2, -0.15) is 0 Å². The summed E-state index contributed by atoms with van der Waals surface area (Å²) in [5.41, 5.74) is 8.26. The Hall–Kier alpha value is -2.28. The number of nitrogens with zero attached hydrogens (tertiary/aromatic N) is 1. The fourth-order valence-corrected chi connectivity index (χ4v) is 3.06. The zero-order valence-corrected chi connectivity index (χ0v) is 10.9. The third-order valence-electron chi connectivity index (χ3n) is 4.08. The Balaban J connectivity index is 1.93. The molecule has 0 aliphatic carbocycles.